The molecule has 1 aliphatic heterocycles. The molecule has 4 heterocycles. The molecule has 0 radical (unpaired) electrons. The van der Waals surface area contributed by atoms with Gasteiger partial charge in [-0.2, -0.15) is 0 Å². The molecule has 1 saturated heterocycles. The predicted molar refractivity (Wildman–Crippen MR) is 101 cm³/mol. The number of aliphatic hydroxyl groups excluding tert-OH is 1. The molecular formula is C21H16N4O3. The van der Waals surface area contributed by atoms with Gasteiger partial charge in [-0.05, 0) is 42.0 Å². The van der Waals surface area contributed by atoms with Crippen LogP contribution in [0.15, 0.2) is 79.0 Å². The minimum atomic E-state index is -0.789. The summed E-state index contributed by atoms with van der Waals surface area (Å²) >= 11 is 0. The van der Waals surface area contributed by atoms with Gasteiger partial charge >= 0.3 is 0 Å². The van der Waals surface area contributed by atoms with Gasteiger partial charge in [0.1, 0.15) is 11.8 Å². The Balaban J connectivity index is 1.85. The number of likely N-dealkylation sites (tertiary alicyclic amines) is 1. The van der Waals surface area contributed by atoms with E-state index < -0.39 is 17.7 Å². The zero-order chi connectivity index (χ0) is 19.5. The van der Waals surface area contributed by atoms with E-state index in [2.05, 4.69) is 15.0 Å². The lowest BCUT2D eigenvalue weighted by Gasteiger charge is -2.24. The van der Waals surface area contributed by atoms with Gasteiger partial charge in [0.15, 0.2) is 0 Å². The van der Waals surface area contributed by atoms with Gasteiger partial charge in [0.25, 0.3) is 11.7 Å². The van der Waals surface area contributed by atoms with Crippen molar-refractivity contribution in [2.45, 2.75) is 12.6 Å². The summed E-state index contributed by atoms with van der Waals surface area (Å²) in [6.07, 6.45) is 7.86. The molecule has 28 heavy (non-hydrogen) atoms. The highest BCUT2D eigenvalue weighted by atomic mass is 16.3. The molecule has 1 unspecified atom stereocenters. The van der Waals surface area contributed by atoms with Gasteiger partial charge in [-0.1, -0.05) is 6.07 Å². The molecule has 1 fully saturated rings. The molecule has 138 valence electrons. The fourth-order valence-corrected chi connectivity index (χ4v) is 3.24. The van der Waals surface area contributed by atoms with Crippen molar-refractivity contribution in [3.63, 3.8) is 0 Å². The second-order valence-corrected chi connectivity index (χ2v) is 6.27. The molecule has 1 amide bonds. The number of carbonyl (C=O) groups is 2. The molecule has 0 bridgehead atoms. The van der Waals surface area contributed by atoms with Crippen LogP contribution in [-0.2, 0) is 16.1 Å². The Kier molecular flexibility index (Phi) is 4.63. The number of rotatable bonds is 4. The predicted octanol–water partition coefficient (Wildman–Crippen LogP) is 2.49. The molecule has 7 nitrogen and oxygen atoms in total. The van der Waals surface area contributed by atoms with Crippen molar-refractivity contribution < 1.29 is 14.7 Å². The standard InChI is InChI=1S/C21H16N4O3/c26-19(15-6-11-23-12-7-15)17-18(16-3-1-2-8-24-16)25(21(28)20(17)27)13-14-4-9-22-10-5-14/h1-12,18,26H,13H2/b19-17-. The van der Waals surface area contributed by atoms with Crippen LogP contribution >= 0.6 is 0 Å². The highest BCUT2D eigenvalue weighted by Crippen LogP contribution is 2.39. The number of Topliss-reactive ketones (excluding diaryl/α,β-unsaturated/α-hetero) is 1. The van der Waals surface area contributed by atoms with E-state index in [1.807, 2.05) is 0 Å². The van der Waals surface area contributed by atoms with E-state index in [1.165, 1.54) is 17.3 Å². The summed E-state index contributed by atoms with van der Waals surface area (Å²) < 4.78 is 0. The highest BCUT2D eigenvalue weighted by molar-refractivity contribution is 6.46. The molecule has 4 rings (SSSR count). The summed E-state index contributed by atoms with van der Waals surface area (Å²) in [6, 6.07) is 11.2. The maximum absolute atomic E-state index is 12.8. The largest absolute Gasteiger partial charge is 0.507 e. The van der Waals surface area contributed by atoms with Crippen LogP contribution in [0.5, 0.6) is 0 Å². The van der Waals surface area contributed by atoms with Crippen LogP contribution in [0, 0.1) is 0 Å². The smallest absolute Gasteiger partial charge is 0.296 e. The quantitative estimate of drug-likeness (QED) is 0.429. The molecule has 1 atom stereocenters. The van der Waals surface area contributed by atoms with E-state index in [4.69, 9.17) is 0 Å². The summed E-state index contributed by atoms with van der Waals surface area (Å²) in [5.41, 5.74) is 1.76. The topological polar surface area (TPSA) is 96.3 Å². The molecule has 0 aliphatic carbocycles. The summed E-state index contributed by atoms with van der Waals surface area (Å²) in [5.74, 6) is -1.66. The first-order chi connectivity index (χ1) is 13.7. The summed E-state index contributed by atoms with van der Waals surface area (Å²) in [7, 11) is 0. The monoisotopic (exact) mass is 372 g/mol. The van der Waals surface area contributed by atoms with Crippen LogP contribution in [0.1, 0.15) is 22.9 Å². The van der Waals surface area contributed by atoms with E-state index >= 15 is 0 Å². The molecule has 1 aliphatic rings. The number of hydrogen-bond acceptors (Lipinski definition) is 6. The Hall–Kier alpha value is -3.87. The van der Waals surface area contributed by atoms with Crippen molar-refractivity contribution in [2.75, 3.05) is 0 Å². The van der Waals surface area contributed by atoms with E-state index in [-0.39, 0.29) is 17.9 Å². The van der Waals surface area contributed by atoms with Crippen LogP contribution < -0.4 is 0 Å². The number of aromatic nitrogens is 3. The van der Waals surface area contributed by atoms with Crippen LogP contribution in [-0.4, -0.2) is 36.6 Å². The summed E-state index contributed by atoms with van der Waals surface area (Å²) in [5, 5.41) is 10.8. The maximum atomic E-state index is 12.8. The lowest BCUT2D eigenvalue weighted by atomic mass is 9.98. The van der Waals surface area contributed by atoms with Gasteiger partial charge < -0.3 is 10.0 Å². The fourth-order valence-electron chi connectivity index (χ4n) is 3.24. The van der Waals surface area contributed by atoms with Crippen molar-refractivity contribution in [2.24, 2.45) is 0 Å². The van der Waals surface area contributed by atoms with Gasteiger partial charge in [-0.3, -0.25) is 24.5 Å². The molecule has 0 aromatic carbocycles. The first-order valence-corrected chi connectivity index (χ1v) is 8.65. The number of pyridine rings is 3. The number of amides is 1. The fraction of sp³-hybridized carbons (Fsp3) is 0.0952. The minimum Gasteiger partial charge on any atom is -0.507 e. The lowest BCUT2D eigenvalue weighted by molar-refractivity contribution is -0.140. The zero-order valence-corrected chi connectivity index (χ0v) is 14.8. The lowest BCUT2D eigenvalue weighted by Crippen LogP contribution is -2.29. The van der Waals surface area contributed by atoms with Crippen molar-refractivity contribution in [3.8, 4) is 0 Å². The average Bonchev–Trinajstić information content (AvgIpc) is 3.00. The molecular weight excluding hydrogens is 356 g/mol. The van der Waals surface area contributed by atoms with Gasteiger partial charge in [-0.15, -0.1) is 0 Å². The summed E-state index contributed by atoms with van der Waals surface area (Å²) in [6.45, 7) is 0.196. The molecule has 3 aromatic heterocycles. The van der Waals surface area contributed by atoms with Crippen molar-refractivity contribution in [1.82, 2.24) is 19.9 Å². The molecule has 1 N–H and O–H groups in total. The number of carbonyl (C=O) groups excluding carboxylic acids is 2. The normalized spacial score (nSPS) is 18.4. The van der Waals surface area contributed by atoms with Gasteiger partial charge in [0.05, 0.1) is 11.3 Å². The SMILES string of the molecule is O=C1C(=O)N(Cc2ccncc2)C(c2ccccn2)/C1=C(/O)c1ccncc1. The third-order valence-electron chi connectivity index (χ3n) is 4.56. The van der Waals surface area contributed by atoms with Crippen LogP contribution in [0.3, 0.4) is 0 Å². The Morgan fingerprint density at radius 1 is 0.929 bits per heavy atom. The zero-order valence-electron chi connectivity index (χ0n) is 14.8. The Morgan fingerprint density at radius 2 is 1.61 bits per heavy atom. The third kappa shape index (κ3) is 3.14. The van der Waals surface area contributed by atoms with E-state index in [0.29, 0.717) is 11.3 Å². The molecule has 0 saturated carbocycles. The van der Waals surface area contributed by atoms with E-state index in [0.717, 1.165) is 5.56 Å². The highest BCUT2D eigenvalue weighted by Gasteiger charge is 2.46. The second-order valence-electron chi connectivity index (χ2n) is 6.27. The number of hydrogen-bond donors (Lipinski definition) is 1. The molecule has 7 heteroatoms. The second kappa shape index (κ2) is 7.40. The maximum Gasteiger partial charge on any atom is 0.296 e. The van der Waals surface area contributed by atoms with E-state index in [1.54, 1.807) is 61.1 Å². The van der Waals surface area contributed by atoms with Crippen LogP contribution in [0.4, 0.5) is 0 Å². The number of ketones is 1. The van der Waals surface area contributed by atoms with E-state index in [9.17, 15) is 14.7 Å². The van der Waals surface area contributed by atoms with Gasteiger partial charge in [0.2, 0.25) is 0 Å². The van der Waals surface area contributed by atoms with Crippen LogP contribution in [0.25, 0.3) is 5.76 Å². The number of nitrogens with zero attached hydrogens (tertiary/aromatic N) is 4. The van der Waals surface area contributed by atoms with Crippen molar-refractivity contribution in [1.29, 1.82) is 0 Å². The third-order valence-corrected chi connectivity index (χ3v) is 4.56. The Bertz CT molecular complexity index is 1040. The summed E-state index contributed by atoms with van der Waals surface area (Å²) in [4.78, 5) is 39.3. The first kappa shape index (κ1) is 17.5. The molecule has 3 aromatic rings. The Morgan fingerprint density at radius 3 is 2.25 bits per heavy atom. The first-order valence-electron chi connectivity index (χ1n) is 8.65. The van der Waals surface area contributed by atoms with Crippen LogP contribution in [0.2, 0.25) is 0 Å². The van der Waals surface area contributed by atoms with Gasteiger partial charge in [0, 0.05) is 43.1 Å². The van der Waals surface area contributed by atoms with Crippen molar-refractivity contribution >= 4 is 17.4 Å². The van der Waals surface area contributed by atoms with Gasteiger partial charge in [-0.25, -0.2) is 0 Å². The average molecular weight is 372 g/mol. The minimum absolute atomic E-state index is 0.0176. The Labute approximate surface area is 161 Å². The number of aliphatic hydroxyl groups is 1. The van der Waals surface area contributed by atoms with Crippen molar-refractivity contribution in [3.05, 3.63) is 95.8 Å². The molecule has 0 spiro atoms.